The van der Waals surface area contributed by atoms with Gasteiger partial charge in [-0.15, -0.1) is 0 Å². The summed E-state index contributed by atoms with van der Waals surface area (Å²) < 4.78 is 28.9. The fourth-order valence-electron chi connectivity index (χ4n) is 4.12. The second kappa shape index (κ2) is 8.32. The number of amides is 1. The highest BCUT2D eigenvalue weighted by Gasteiger charge is 2.33. The van der Waals surface area contributed by atoms with Gasteiger partial charge >= 0.3 is 0 Å². The van der Waals surface area contributed by atoms with Crippen molar-refractivity contribution in [2.24, 2.45) is 7.05 Å². The van der Waals surface area contributed by atoms with E-state index in [-0.39, 0.29) is 10.8 Å². The highest BCUT2D eigenvalue weighted by atomic mass is 32.2. The average Bonchev–Trinajstić information content (AvgIpc) is 3.46. The van der Waals surface area contributed by atoms with Crippen LogP contribution in [0.15, 0.2) is 77.8 Å². The lowest BCUT2D eigenvalue weighted by molar-refractivity contribution is 0.0910. The molecule has 1 fully saturated rings. The number of aromatic nitrogens is 1. The van der Waals surface area contributed by atoms with E-state index in [2.05, 4.69) is 5.32 Å². The number of carbonyl (C=O) groups excluding carboxylic acids is 1. The van der Waals surface area contributed by atoms with Crippen LogP contribution in [-0.4, -0.2) is 36.3 Å². The maximum atomic E-state index is 13.3. The van der Waals surface area contributed by atoms with E-state index in [1.165, 1.54) is 16.6 Å². The van der Waals surface area contributed by atoms with Gasteiger partial charge in [0.25, 0.3) is 5.91 Å². The summed E-state index contributed by atoms with van der Waals surface area (Å²) in [6, 6.07) is 21.0. The summed E-state index contributed by atoms with van der Waals surface area (Å²) in [4.78, 5) is 13.5. The molecule has 0 atom stereocenters. The van der Waals surface area contributed by atoms with Crippen molar-refractivity contribution in [1.29, 1.82) is 0 Å². The summed E-state index contributed by atoms with van der Waals surface area (Å²) in [6.45, 7) is 3.01. The average molecular weight is 438 g/mol. The van der Waals surface area contributed by atoms with Crippen molar-refractivity contribution in [1.82, 2.24) is 14.2 Å². The monoisotopic (exact) mass is 437 g/mol. The van der Waals surface area contributed by atoms with Crippen LogP contribution in [0.25, 0.3) is 0 Å². The van der Waals surface area contributed by atoms with E-state index in [1.807, 2.05) is 67.6 Å². The quantitative estimate of drug-likeness (QED) is 0.642. The largest absolute Gasteiger partial charge is 0.345 e. The van der Waals surface area contributed by atoms with Gasteiger partial charge in [0.15, 0.2) is 0 Å². The zero-order valence-corrected chi connectivity index (χ0v) is 18.6. The Morgan fingerprint density at radius 1 is 0.935 bits per heavy atom. The van der Waals surface area contributed by atoms with Gasteiger partial charge in [0, 0.05) is 26.3 Å². The molecule has 0 bridgehead atoms. The number of aryl methyl sites for hydroxylation is 1. The van der Waals surface area contributed by atoms with Gasteiger partial charge in [-0.05, 0) is 37.0 Å². The lowest BCUT2D eigenvalue weighted by Crippen LogP contribution is -2.44. The highest BCUT2D eigenvalue weighted by Crippen LogP contribution is 2.30. The zero-order chi connectivity index (χ0) is 22.1. The number of nitrogens with one attached hydrogen (secondary N) is 1. The van der Waals surface area contributed by atoms with Crippen molar-refractivity contribution in [3.63, 3.8) is 0 Å². The molecule has 1 aromatic heterocycles. The summed E-state index contributed by atoms with van der Waals surface area (Å²) in [6.07, 6.45) is 3.25. The third-order valence-corrected chi connectivity index (χ3v) is 7.85. The predicted molar refractivity (Wildman–Crippen MR) is 120 cm³/mol. The van der Waals surface area contributed by atoms with Crippen molar-refractivity contribution in [3.8, 4) is 0 Å². The molecule has 1 aliphatic rings. The van der Waals surface area contributed by atoms with E-state index in [0.29, 0.717) is 18.8 Å². The number of rotatable bonds is 6. The number of hydrogen-bond acceptors (Lipinski definition) is 3. The number of nitrogens with zero attached hydrogens (tertiary/aromatic N) is 2. The first kappa shape index (κ1) is 21.3. The number of benzene rings is 2. The third kappa shape index (κ3) is 4.03. The van der Waals surface area contributed by atoms with Gasteiger partial charge < -0.3 is 9.88 Å². The standard InChI is InChI=1S/C24H27N3O3S/c1-24(19-11-5-3-6-12-19,20-13-7-4-8-14-20)25-23(28)22-17-21(18-26(22)2)31(29,30)27-15-9-10-16-27/h3-8,11-14,17-18H,9-10,15-16H2,1-2H3,(H,25,28). The topological polar surface area (TPSA) is 71.4 Å². The molecule has 2 aromatic carbocycles. The van der Waals surface area contributed by atoms with E-state index in [0.717, 1.165) is 24.0 Å². The van der Waals surface area contributed by atoms with Crippen molar-refractivity contribution in [3.05, 3.63) is 89.7 Å². The van der Waals surface area contributed by atoms with Gasteiger partial charge in [0.1, 0.15) is 10.6 Å². The van der Waals surface area contributed by atoms with Crippen LogP contribution in [0.3, 0.4) is 0 Å². The maximum Gasteiger partial charge on any atom is 0.268 e. The molecule has 1 aliphatic heterocycles. The minimum atomic E-state index is -3.59. The summed E-state index contributed by atoms with van der Waals surface area (Å²) in [7, 11) is -1.89. The molecule has 3 aromatic rings. The molecule has 0 saturated carbocycles. The van der Waals surface area contributed by atoms with Crippen LogP contribution in [0.5, 0.6) is 0 Å². The molecule has 162 valence electrons. The van der Waals surface area contributed by atoms with Gasteiger partial charge in [-0.1, -0.05) is 60.7 Å². The summed E-state index contributed by atoms with van der Waals surface area (Å²) in [5.41, 5.74) is 1.40. The Morgan fingerprint density at radius 3 is 1.97 bits per heavy atom. The van der Waals surface area contributed by atoms with Crippen LogP contribution in [0.2, 0.25) is 0 Å². The minimum absolute atomic E-state index is 0.156. The molecule has 1 saturated heterocycles. The number of sulfonamides is 1. The SMILES string of the molecule is Cn1cc(S(=O)(=O)N2CCCC2)cc1C(=O)NC(C)(c1ccccc1)c1ccccc1. The molecule has 1 N–H and O–H groups in total. The molecule has 7 heteroatoms. The van der Waals surface area contributed by atoms with Crippen molar-refractivity contribution in [2.45, 2.75) is 30.2 Å². The van der Waals surface area contributed by atoms with Gasteiger partial charge in [0.2, 0.25) is 10.0 Å². The zero-order valence-electron chi connectivity index (χ0n) is 17.8. The van der Waals surface area contributed by atoms with Crippen molar-refractivity contribution >= 4 is 15.9 Å². The lowest BCUT2D eigenvalue weighted by atomic mass is 9.84. The molecule has 0 radical (unpaired) electrons. The van der Waals surface area contributed by atoms with Gasteiger partial charge in [0.05, 0.1) is 5.54 Å². The van der Waals surface area contributed by atoms with E-state index < -0.39 is 15.6 Å². The van der Waals surface area contributed by atoms with E-state index in [1.54, 1.807) is 11.6 Å². The Morgan fingerprint density at radius 2 is 1.45 bits per heavy atom. The van der Waals surface area contributed by atoms with Crippen LogP contribution in [0.1, 0.15) is 41.4 Å². The Balaban J connectivity index is 1.68. The maximum absolute atomic E-state index is 13.3. The van der Waals surface area contributed by atoms with Crippen LogP contribution < -0.4 is 5.32 Å². The molecule has 4 rings (SSSR count). The second-order valence-electron chi connectivity index (χ2n) is 8.09. The van der Waals surface area contributed by atoms with Crippen LogP contribution >= 0.6 is 0 Å². The fraction of sp³-hybridized carbons (Fsp3) is 0.292. The van der Waals surface area contributed by atoms with Gasteiger partial charge in [-0.3, -0.25) is 4.79 Å². The third-order valence-electron chi connectivity index (χ3n) is 5.98. The lowest BCUT2D eigenvalue weighted by Gasteiger charge is -2.32. The predicted octanol–water partition coefficient (Wildman–Crippen LogP) is 3.50. The van der Waals surface area contributed by atoms with E-state index in [4.69, 9.17) is 0 Å². The van der Waals surface area contributed by atoms with Gasteiger partial charge in [-0.25, -0.2) is 8.42 Å². The number of hydrogen-bond donors (Lipinski definition) is 1. The summed E-state index contributed by atoms with van der Waals surface area (Å²) >= 11 is 0. The Bertz CT molecular complexity index is 1130. The molecule has 0 spiro atoms. The Hall–Kier alpha value is -2.90. The second-order valence-corrected chi connectivity index (χ2v) is 10.0. The molecule has 0 aliphatic carbocycles. The summed E-state index contributed by atoms with van der Waals surface area (Å²) in [5, 5.41) is 3.15. The molecule has 1 amide bonds. The first-order valence-corrected chi connectivity index (χ1v) is 11.9. The minimum Gasteiger partial charge on any atom is -0.345 e. The van der Waals surface area contributed by atoms with Crippen LogP contribution in [0, 0.1) is 0 Å². The highest BCUT2D eigenvalue weighted by molar-refractivity contribution is 7.89. The van der Waals surface area contributed by atoms with E-state index in [9.17, 15) is 13.2 Å². The molecular formula is C24H27N3O3S. The summed E-state index contributed by atoms with van der Waals surface area (Å²) in [5.74, 6) is -0.333. The van der Waals surface area contributed by atoms with Crippen LogP contribution in [0.4, 0.5) is 0 Å². The first-order chi connectivity index (χ1) is 14.8. The Labute approximate surface area is 183 Å². The normalized spacial score (nSPS) is 15.2. The molecule has 6 nitrogen and oxygen atoms in total. The number of carbonyl (C=O) groups is 1. The molecule has 0 unspecified atom stereocenters. The van der Waals surface area contributed by atoms with Crippen LogP contribution in [-0.2, 0) is 22.6 Å². The molecule has 31 heavy (non-hydrogen) atoms. The Kier molecular flexibility index (Phi) is 5.73. The van der Waals surface area contributed by atoms with Crippen molar-refractivity contribution in [2.75, 3.05) is 13.1 Å². The fourth-order valence-corrected chi connectivity index (χ4v) is 5.71. The van der Waals surface area contributed by atoms with Crippen molar-refractivity contribution < 1.29 is 13.2 Å². The molecule has 2 heterocycles. The van der Waals surface area contributed by atoms with E-state index >= 15 is 0 Å². The van der Waals surface area contributed by atoms with Gasteiger partial charge in [-0.2, -0.15) is 4.31 Å². The first-order valence-electron chi connectivity index (χ1n) is 10.4. The molecular weight excluding hydrogens is 410 g/mol. The smallest absolute Gasteiger partial charge is 0.268 e.